The lowest BCUT2D eigenvalue weighted by molar-refractivity contribution is 0.581. The smallest absolute Gasteiger partial charge is 0.236 e. The van der Waals surface area contributed by atoms with Crippen LogP contribution >= 0.6 is 15.9 Å². The Morgan fingerprint density at radius 1 is 0.920 bits per heavy atom. The van der Waals surface area contributed by atoms with Crippen molar-refractivity contribution >= 4 is 26.0 Å². The van der Waals surface area contributed by atoms with Gasteiger partial charge in [-0.3, -0.25) is 0 Å². The van der Waals surface area contributed by atoms with Crippen molar-refractivity contribution in [2.24, 2.45) is 0 Å². The molecule has 1 N–H and O–H groups in total. The zero-order valence-corrected chi connectivity index (χ0v) is 15.7. The summed E-state index contributed by atoms with van der Waals surface area (Å²) in [6.07, 6.45) is 3.97. The first-order valence-electron chi connectivity index (χ1n) is 7.66. The first-order valence-corrected chi connectivity index (χ1v) is 9.94. The first-order chi connectivity index (χ1) is 12.0. The number of aromatic nitrogens is 2. The maximum atomic E-state index is 12.2. The molecule has 0 aliphatic carbocycles. The molecular weight excluding hydrogens is 402 g/mol. The van der Waals surface area contributed by atoms with E-state index in [1.807, 2.05) is 30.3 Å². The van der Waals surface area contributed by atoms with Crippen molar-refractivity contribution in [3.63, 3.8) is 0 Å². The normalized spacial score (nSPS) is 11.4. The fraction of sp³-hybridized carbons (Fsp3) is 0.111. The van der Waals surface area contributed by atoms with Crippen molar-refractivity contribution in [2.45, 2.75) is 11.3 Å². The summed E-state index contributed by atoms with van der Waals surface area (Å²) in [5, 5.41) is 0. The van der Waals surface area contributed by atoms with Gasteiger partial charge in [-0.25, -0.2) is 23.1 Å². The fourth-order valence-corrected chi connectivity index (χ4v) is 3.54. The van der Waals surface area contributed by atoms with Crippen LogP contribution in [0.3, 0.4) is 0 Å². The Balaban J connectivity index is 1.59. The summed E-state index contributed by atoms with van der Waals surface area (Å²) in [6.45, 7) is 0.284. The third-order valence-electron chi connectivity index (χ3n) is 3.57. The Morgan fingerprint density at radius 2 is 1.56 bits per heavy atom. The van der Waals surface area contributed by atoms with Crippen LogP contribution in [0.5, 0.6) is 0 Å². The summed E-state index contributed by atoms with van der Waals surface area (Å²) in [4.78, 5) is 8.92. The van der Waals surface area contributed by atoms with E-state index in [0.29, 0.717) is 12.2 Å². The van der Waals surface area contributed by atoms with Gasteiger partial charge in [-0.05, 0) is 36.2 Å². The van der Waals surface area contributed by atoms with Crippen molar-refractivity contribution < 1.29 is 8.42 Å². The van der Waals surface area contributed by atoms with Gasteiger partial charge in [0.25, 0.3) is 0 Å². The van der Waals surface area contributed by atoms with Crippen LogP contribution < -0.4 is 4.72 Å². The minimum Gasteiger partial charge on any atom is -0.236 e. The molecule has 5 nitrogen and oxygen atoms in total. The average molecular weight is 418 g/mol. The van der Waals surface area contributed by atoms with Crippen LogP contribution in [-0.4, -0.2) is 24.9 Å². The number of benzene rings is 2. The quantitative estimate of drug-likeness (QED) is 0.666. The second kappa shape index (κ2) is 7.86. The molecule has 0 unspecified atom stereocenters. The Labute approximate surface area is 155 Å². The van der Waals surface area contributed by atoms with E-state index in [-0.39, 0.29) is 11.4 Å². The van der Waals surface area contributed by atoms with E-state index in [1.54, 1.807) is 36.7 Å². The highest BCUT2D eigenvalue weighted by Crippen LogP contribution is 2.15. The van der Waals surface area contributed by atoms with Crippen molar-refractivity contribution in [3.05, 3.63) is 77.0 Å². The predicted octanol–water partition coefficient (Wildman–Crippen LogP) is 3.43. The second-order valence-corrected chi connectivity index (χ2v) is 8.07. The third kappa shape index (κ3) is 4.72. The first kappa shape index (κ1) is 17.7. The maximum absolute atomic E-state index is 12.2. The van der Waals surface area contributed by atoms with Gasteiger partial charge >= 0.3 is 0 Å². The topological polar surface area (TPSA) is 72.0 Å². The molecule has 3 rings (SSSR count). The summed E-state index contributed by atoms with van der Waals surface area (Å²) in [6, 6.07) is 16.2. The Kier molecular flexibility index (Phi) is 5.57. The van der Waals surface area contributed by atoms with Gasteiger partial charge in [0.05, 0.1) is 4.90 Å². The van der Waals surface area contributed by atoms with E-state index in [1.165, 1.54) is 0 Å². The number of rotatable bonds is 6. The van der Waals surface area contributed by atoms with Gasteiger partial charge in [0, 0.05) is 29.0 Å². The highest BCUT2D eigenvalue weighted by Gasteiger charge is 2.13. The van der Waals surface area contributed by atoms with Crippen LogP contribution in [0.2, 0.25) is 0 Å². The standard InChI is InChI=1S/C18H16BrN3O2S/c19-16-6-8-17(9-7-16)25(23,24)22-11-10-14-12-20-18(21-13-14)15-4-2-1-3-5-15/h1-9,12-13,22H,10-11H2. The molecular formula is C18H16BrN3O2S. The zero-order chi connectivity index (χ0) is 17.7. The van der Waals surface area contributed by atoms with Crippen molar-refractivity contribution in [2.75, 3.05) is 6.54 Å². The van der Waals surface area contributed by atoms with Gasteiger partial charge < -0.3 is 0 Å². The maximum Gasteiger partial charge on any atom is 0.240 e. The van der Waals surface area contributed by atoms with Crippen LogP contribution in [0.15, 0.2) is 76.4 Å². The van der Waals surface area contributed by atoms with E-state index >= 15 is 0 Å². The van der Waals surface area contributed by atoms with Gasteiger partial charge in [0.2, 0.25) is 10.0 Å². The number of hydrogen-bond donors (Lipinski definition) is 1. The lowest BCUT2D eigenvalue weighted by Crippen LogP contribution is -2.26. The highest BCUT2D eigenvalue weighted by atomic mass is 79.9. The molecule has 0 aliphatic heterocycles. The SMILES string of the molecule is O=S(=O)(NCCc1cnc(-c2ccccc2)nc1)c1ccc(Br)cc1. The molecule has 2 aromatic carbocycles. The molecule has 0 radical (unpaired) electrons. The van der Waals surface area contributed by atoms with Crippen LogP contribution in [0, 0.1) is 0 Å². The van der Waals surface area contributed by atoms with E-state index < -0.39 is 10.0 Å². The summed E-state index contributed by atoms with van der Waals surface area (Å²) in [7, 11) is -3.51. The van der Waals surface area contributed by atoms with Crippen LogP contribution in [-0.2, 0) is 16.4 Å². The summed E-state index contributed by atoms with van der Waals surface area (Å²) in [5.74, 6) is 0.653. The molecule has 0 spiro atoms. The van der Waals surface area contributed by atoms with Gasteiger partial charge in [-0.15, -0.1) is 0 Å². The molecule has 0 amide bonds. The Bertz CT molecular complexity index is 928. The molecule has 0 bridgehead atoms. The van der Waals surface area contributed by atoms with Gasteiger partial charge in [-0.2, -0.15) is 0 Å². The van der Waals surface area contributed by atoms with Crippen molar-refractivity contribution in [1.82, 2.24) is 14.7 Å². The molecule has 25 heavy (non-hydrogen) atoms. The Morgan fingerprint density at radius 3 is 2.20 bits per heavy atom. The average Bonchev–Trinajstić information content (AvgIpc) is 2.63. The molecule has 3 aromatic rings. The van der Waals surface area contributed by atoms with E-state index in [4.69, 9.17) is 0 Å². The second-order valence-electron chi connectivity index (χ2n) is 5.38. The minimum absolute atomic E-state index is 0.242. The molecule has 7 heteroatoms. The molecule has 0 saturated heterocycles. The molecule has 0 atom stereocenters. The van der Waals surface area contributed by atoms with Crippen molar-refractivity contribution in [1.29, 1.82) is 0 Å². The minimum atomic E-state index is -3.51. The molecule has 128 valence electrons. The number of nitrogens with zero attached hydrogens (tertiary/aromatic N) is 2. The molecule has 1 heterocycles. The van der Waals surface area contributed by atoms with E-state index in [9.17, 15) is 8.42 Å². The number of hydrogen-bond acceptors (Lipinski definition) is 4. The predicted molar refractivity (Wildman–Crippen MR) is 101 cm³/mol. The fourth-order valence-electron chi connectivity index (χ4n) is 2.25. The zero-order valence-electron chi connectivity index (χ0n) is 13.3. The van der Waals surface area contributed by atoms with E-state index in [0.717, 1.165) is 15.6 Å². The molecule has 0 saturated carbocycles. The lowest BCUT2D eigenvalue weighted by Gasteiger charge is -2.07. The molecule has 1 aromatic heterocycles. The summed E-state index contributed by atoms with van der Waals surface area (Å²) < 4.78 is 27.9. The van der Waals surface area contributed by atoms with Crippen LogP contribution in [0.1, 0.15) is 5.56 Å². The van der Waals surface area contributed by atoms with Gasteiger partial charge in [0.1, 0.15) is 0 Å². The summed E-state index contributed by atoms with van der Waals surface area (Å²) in [5.41, 5.74) is 1.82. The summed E-state index contributed by atoms with van der Waals surface area (Å²) >= 11 is 3.29. The Hall–Kier alpha value is -2.09. The van der Waals surface area contributed by atoms with Gasteiger partial charge in [-0.1, -0.05) is 46.3 Å². The van der Waals surface area contributed by atoms with Gasteiger partial charge in [0.15, 0.2) is 5.82 Å². The highest BCUT2D eigenvalue weighted by molar-refractivity contribution is 9.10. The number of sulfonamides is 1. The molecule has 0 aliphatic rings. The number of nitrogens with one attached hydrogen (secondary N) is 1. The third-order valence-corrected chi connectivity index (χ3v) is 5.57. The largest absolute Gasteiger partial charge is 0.240 e. The van der Waals surface area contributed by atoms with E-state index in [2.05, 4.69) is 30.6 Å². The molecule has 0 fully saturated rings. The number of halogens is 1. The van der Waals surface area contributed by atoms with Crippen LogP contribution in [0.25, 0.3) is 11.4 Å². The lowest BCUT2D eigenvalue weighted by atomic mass is 10.2. The van der Waals surface area contributed by atoms with Crippen LogP contribution in [0.4, 0.5) is 0 Å². The van der Waals surface area contributed by atoms with Crippen molar-refractivity contribution in [3.8, 4) is 11.4 Å². The monoisotopic (exact) mass is 417 g/mol.